The lowest BCUT2D eigenvalue weighted by molar-refractivity contribution is -0.0273. The largest absolute Gasteiger partial charge is 0.435 e. The highest BCUT2D eigenvalue weighted by molar-refractivity contribution is 6.39. The van der Waals surface area contributed by atoms with E-state index in [0.717, 1.165) is 5.56 Å². The van der Waals surface area contributed by atoms with Crippen LogP contribution in [-0.2, 0) is 9.47 Å². The molecule has 25 heavy (non-hydrogen) atoms. The molecule has 0 aliphatic heterocycles. The van der Waals surface area contributed by atoms with Crippen molar-refractivity contribution in [2.45, 2.75) is 13.8 Å². The molecular formula is C17H23Cl2N3O3. The quantitative estimate of drug-likeness (QED) is 0.341. The van der Waals surface area contributed by atoms with Gasteiger partial charge in [0.05, 0.1) is 27.0 Å². The first-order chi connectivity index (χ1) is 11.0. The van der Waals surface area contributed by atoms with Crippen molar-refractivity contribution in [3.8, 4) is 0 Å². The summed E-state index contributed by atoms with van der Waals surface area (Å²) < 4.78 is 10.1. The summed E-state index contributed by atoms with van der Waals surface area (Å²) in [6.07, 6.45) is 0. The predicted molar refractivity (Wildman–Crippen MR) is 103 cm³/mol. The Kier molecular flexibility index (Phi) is 10.1. The molecule has 2 aromatic carbocycles. The number of para-hydroxylation sites is 1. The van der Waals surface area contributed by atoms with E-state index in [4.69, 9.17) is 32.7 Å². The Balaban J connectivity index is 0.00000288. The number of hydrogen-bond donors (Lipinski definition) is 3. The second kappa shape index (κ2) is 10.9. The molecule has 8 heteroatoms. The maximum atomic E-state index is 12.2. The van der Waals surface area contributed by atoms with Gasteiger partial charge in [-0.15, -0.1) is 0 Å². The highest BCUT2D eigenvalue weighted by Crippen LogP contribution is 2.36. The smallest absolute Gasteiger partial charge is 0.342 e. The van der Waals surface area contributed by atoms with Crippen LogP contribution >= 0.6 is 23.2 Å². The van der Waals surface area contributed by atoms with E-state index in [1.165, 1.54) is 0 Å². The fourth-order valence-electron chi connectivity index (χ4n) is 1.93. The van der Waals surface area contributed by atoms with E-state index in [9.17, 15) is 4.79 Å². The van der Waals surface area contributed by atoms with Crippen molar-refractivity contribution in [2.24, 2.45) is 0 Å². The van der Waals surface area contributed by atoms with Gasteiger partial charge in [0.25, 0.3) is 0 Å². The van der Waals surface area contributed by atoms with Gasteiger partial charge in [-0.3, -0.25) is 0 Å². The van der Waals surface area contributed by atoms with Crippen molar-refractivity contribution in [2.75, 3.05) is 18.7 Å². The number of anilines is 2. The summed E-state index contributed by atoms with van der Waals surface area (Å²) in [6.45, 7) is 4.09. The average Bonchev–Trinajstić information content (AvgIpc) is 2.55. The molecule has 0 atom stereocenters. The zero-order valence-corrected chi connectivity index (χ0v) is 15.8. The maximum absolute atomic E-state index is 12.2. The van der Waals surface area contributed by atoms with Gasteiger partial charge in [-0.05, 0) is 37.6 Å². The van der Waals surface area contributed by atoms with Crippen LogP contribution in [0.15, 0.2) is 36.4 Å². The zero-order valence-electron chi connectivity index (χ0n) is 14.3. The Hall–Kier alpha value is -1.83. The topological polar surface area (TPSA) is 118 Å². The average molecular weight is 388 g/mol. The maximum Gasteiger partial charge on any atom is 0.342 e. The second-order valence-corrected chi connectivity index (χ2v) is 5.55. The molecule has 138 valence electrons. The summed E-state index contributed by atoms with van der Waals surface area (Å²) in [4.78, 5) is 12.2. The number of rotatable bonds is 6. The Morgan fingerprint density at radius 2 is 1.80 bits per heavy atom. The summed E-state index contributed by atoms with van der Waals surface area (Å²) >= 11 is 12.5. The SMILES string of the molecule is CCOCOC(=O)c1ccccc1Nc1c(Cl)ccc(C)c1Cl.N.N. The predicted octanol–water partition coefficient (Wildman–Crippen LogP) is 5.52. The van der Waals surface area contributed by atoms with E-state index in [2.05, 4.69) is 5.32 Å². The lowest BCUT2D eigenvalue weighted by Crippen LogP contribution is -2.11. The number of benzene rings is 2. The Labute approximate surface area is 157 Å². The van der Waals surface area contributed by atoms with E-state index in [-0.39, 0.29) is 19.1 Å². The van der Waals surface area contributed by atoms with Crippen molar-refractivity contribution in [3.05, 3.63) is 57.6 Å². The van der Waals surface area contributed by atoms with Gasteiger partial charge in [0.2, 0.25) is 0 Å². The normalized spacial score (nSPS) is 9.60. The number of aryl methyl sites for hydroxylation is 1. The summed E-state index contributed by atoms with van der Waals surface area (Å²) in [6, 6.07) is 10.6. The zero-order chi connectivity index (χ0) is 16.8. The molecule has 0 saturated heterocycles. The van der Waals surface area contributed by atoms with Gasteiger partial charge in [-0.1, -0.05) is 41.4 Å². The van der Waals surface area contributed by atoms with E-state index in [0.29, 0.717) is 33.6 Å². The van der Waals surface area contributed by atoms with Gasteiger partial charge in [0, 0.05) is 6.61 Å². The van der Waals surface area contributed by atoms with Crippen molar-refractivity contribution in [1.82, 2.24) is 12.3 Å². The molecule has 0 spiro atoms. The minimum atomic E-state index is -0.485. The summed E-state index contributed by atoms with van der Waals surface area (Å²) in [7, 11) is 0. The third-order valence-electron chi connectivity index (χ3n) is 3.17. The molecule has 0 saturated carbocycles. The molecule has 0 unspecified atom stereocenters. The summed E-state index contributed by atoms with van der Waals surface area (Å²) in [5, 5.41) is 4.10. The molecule has 0 aromatic heterocycles. The third kappa shape index (κ3) is 5.88. The molecule has 0 radical (unpaired) electrons. The van der Waals surface area contributed by atoms with E-state index in [1.807, 2.05) is 19.9 Å². The first kappa shape index (κ1) is 23.2. The first-order valence-electron chi connectivity index (χ1n) is 7.10. The Morgan fingerprint density at radius 3 is 2.48 bits per heavy atom. The molecule has 0 heterocycles. The van der Waals surface area contributed by atoms with Crippen molar-refractivity contribution < 1.29 is 14.3 Å². The van der Waals surface area contributed by atoms with Crippen LogP contribution < -0.4 is 17.6 Å². The second-order valence-electron chi connectivity index (χ2n) is 4.77. The molecule has 0 fully saturated rings. The van der Waals surface area contributed by atoms with E-state index >= 15 is 0 Å². The van der Waals surface area contributed by atoms with Crippen molar-refractivity contribution in [3.63, 3.8) is 0 Å². The van der Waals surface area contributed by atoms with Crippen LogP contribution in [0.1, 0.15) is 22.8 Å². The standard InChI is InChI=1S/C17H17Cl2NO3.2H3N/c1-3-22-10-23-17(21)12-6-4-5-7-14(12)20-16-13(18)9-8-11(2)15(16)19;;/h4-9,20H,3,10H2,1-2H3;2*1H3. The Bertz CT molecular complexity index is 712. The molecular weight excluding hydrogens is 365 g/mol. The number of halogens is 2. The van der Waals surface area contributed by atoms with Gasteiger partial charge in [-0.2, -0.15) is 0 Å². The number of nitrogens with one attached hydrogen (secondary N) is 1. The number of hydrogen-bond acceptors (Lipinski definition) is 6. The number of ether oxygens (including phenoxy) is 2. The highest BCUT2D eigenvalue weighted by Gasteiger charge is 2.15. The van der Waals surface area contributed by atoms with Gasteiger partial charge < -0.3 is 27.1 Å². The molecule has 6 nitrogen and oxygen atoms in total. The summed E-state index contributed by atoms with van der Waals surface area (Å²) in [5.74, 6) is -0.485. The minimum Gasteiger partial charge on any atom is -0.435 e. The summed E-state index contributed by atoms with van der Waals surface area (Å²) in [5.41, 5.74) is 2.37. The molecule has 7 N–H and O–H groups in total. The fraction of sp³-hybridized carbons (Fsp3) is 0.235. The third-order valence-corrected chi connectivity index (χ3v) is 3.97. The van der Waals surface area contributed by atoms with Crippen molar-refractivity contribution in [1.29, 1.82) is 0 Å². The first-order valence-corrected chi connectivity index (χ1v) is 7.85. The number of carbonyl (C=O) groups is 1. The van der Waals surface area contributed by atoms with Crippen LogP contribution in [0.4, 0.5) is 11.4 Å². The van der Waals surface area contributed by atoms with Gasteiger partial charge in [-0.25, -0.2) is 4.79 Å². The van der Waals surface area contributed by atoms with Crippen LogP contribution in [0.3, 0.4) is 0 Å². The van der Waals surface area contributed by atoms with Gasteiger partial charge in [0.1, 0.15) is 0 Å². The van der Waals surface area contributed by atoms with Crippen LogP contribution in [0.5, 0.6) is 0 Å². The lowest BCUT2D eigenvalue weighted by atomic mass is 10.1. The van der Waals surface area contributed by atoms with E-state index < -0.39 is 5.97 Å². The van der Waals surface area contributed by atoms with Gasteiger partial charge in [0.15, 0.2) is 6.79 Å². The highest BCUT2D eigenvalue weighted by atomic mass is 35.5. The van der Waals surface area contributed by atoms with Crippen molar-refractivity contribution >= 4 is 40.5 Å². The monoisotopic (exact) mass is 387 g/mol. The molecule has 0 amide bonds. The number of carbonyl (C=O) groups excluding carboxylic acids is 1. The van der Waals surface area contributed by atoms with E-state index in [1.54, 1.807) is 30.3 Å². The molecule has 2 aromatic rings. The molecule has 2 rings (SSSR count). The fourth-order valence-corrected chi connectivity index (χ4v) is 2.40. The van der Waals surface area contributed by atoms with Crippen LogP contribution in [0.2, 0.25) is 10.0 Å². The van der Waals surface area contributed by atoms with Crippen LogP contribution in [0, 0.1) is 6.92 Å². The number of esters is 1. The Morgan fingerprint density at radius 1 is 1.12 bits per heavy atom. The molecule has 0 aliphatic carbocycles. The lowest BCUT2D eigenvalue weighted by Gasteiger charge is -2.15. The van der Waals surface area contributed by atoms with Crippen LogP contribution in [0.25, 0.3) is 0 Å². The minimum absolute atomic E-state index is 0. The molecule has 0 bridgehead atoms. The molecule has 0 aliphatic rings. The van der Waals surface area contributed by atoms with Crippen LogP contribution in [-0.4, -0.2) is 19.4 Å². The van der Waals surface area contributed by atoms with Gasteiger partial charge >= 0.3 is 5.97 Å².